The van der Waals surface area contributed by atoms with E-state index < -0.39 is 10.0 Å². The molecule has 0 aliphatic rings. The molecule has 5 nitrogen and oxygen atoms in total. The van der Waals surface area contributed by atoms with Crippen molar-refractivity contribution in [2.45, 2.75) is 25.7 Å². The lowest BCUT2D eigenvalue weighted by Gasteiger charge is -2.11. The minimum atomic E-state index is -3.56. The number of nitrogen functional groups attached to an aromatic ring is 1. The van der Waals surface area contributed by atoms with Crippen molar-refractivity contribution in [3.63, 3.8) is 0 Å². The number of hydrogen-bond acceptors (Lipinski definition) is 4. The molecule has 0 aliphatic heterocycles. The fourth-order valence-electron chi connectivity index (χ4n) is 1.59. The summed E-state index contributed by atoms with van der Waals surface area (Å²) in [5, 5.41) is 0. The van der Waals surface area contributed by atoms with Gasteiger partial charge in [-0.15, -0.1) is 0 Å². The zero-order chi connectivity index (χ0) is 15.3. The molecule has 0 radical (unpaired) electrons. The summed E-state index contributed by atoms with van der Waals surface area (Å²) >= 11 is 0. The van der Waals surface area contributed by atoms with Gasteiger partial charge in [-0.05, 0) is 44.0 Å². The molecular formula is C14H22N2O3S. The quantitative estimate of drug-likeness (QED) is 0.456. The van der Waals surface area contributed by atoms with Crippen LogP contribution in [0.1, 0.15) is 18.1 Å². The van der Waals surface area contributed by atoms with Gasteiger partial charge in [-0.2, -0.15) is 0 Å². The summed E-state index contributed by atoms with van der Waals surface area (Å²) < 4.78 is 31.9. The van der Waals surface area contributed by atoms with Gasteiger partial charge in [0.15, 0.2) is 0 Å². The predicted molar refractivity (Wildman–Crippen MR) is 81.1 cm³/mol. The van der Waals surface area contributed by atoms with Gasteiger partial charge < -0.3 is 10.5 Å². The number of benzene rings is 1. The molecule has 0 aliphatic carbocycles. The second-order valence-corrected chi connectivity index (χ2v) is 6.63. The van der Waals surface area contributed by atoms with Gasteiger partial charge in [-0.25, -0.2) is 13.1 Å². The predicted octanol–water partition coefficient (Wildman–Crippen LogP) is 1.76. The van der Waals surface area contributed by atoms with Crippen LogP contribution in [-0.2, 0) is 14.8 Å². The fourth-order valence-corrected chi connectivity index (χ4v) is 2.72. The zero-order valence-corrected chi connectivity index (χ0v) is 13.0. The van der Waals surface area contributed by atoms with Crippen molar-refractivity contribution in [1.29, 1.82) is 0 Å². The minimum absolute atomic E-state index is 0.179. The number of nitrogens with two attached hydrogens (primary N) is 1. The maximum atomic E-state index is 12.1. The van der Waals surface area contributed by atoms with E-state index in [1.807, 2.05) is 20.8 Å². The van der Waals surface area contributed by atoms with Crippen molar-refractivity contribution in [2.24, 2.45) is 0 Å². The van der Waals surface area contributed by atoms with Crippen molar-refractivity contribution in [3.05, 3.63) is 35.4 Å². The molecule has 0 unspecified atom stereocenters. The van der Waals surface area contributed by atoms with E-state index >= 15 is 0 Å². The molecule has 0 saturated carbocycles. The summed E-state index contributed by atoms with van der Waals surface area (Å²) in [6.07, 6.45) is 0. The Morgan fingerprint density at radius 3 is 2.60 bits per heavy atom. The molecular weight excluding hydrogens is 276 g/mol. The molecule has 0 heterocycles. The van der Waals surface area contributed by atoms with E-state index in [2.05, 4.69) is 11.3 Å². The Hall–Kier alpha value is -1.37. The molecule has 0 spiro atoms. The molecule has 0 fully saturated rings. The second kappa shape index (κ2) is 6.88. The van der Waals surface area contributed by atoms with Gasteiger partial charge in [0.2, 0.25) is 10.0 Å². The number of hydrogen-bond donors (Lipinski definition) is 2. The SMILES string of the molecule is C=C(C)COCCNS(=O)(=O)c1cc(C)c(C)c(N)c1. The Kier molecular flexibility index (Phi) is 5.74. The van der Waals surface area contributed by atoms with Crippen molar-refractivity contribution in [3.8, 4) is 0 Å². The molecule has 0 bridgehead atoms. The van der Waals surface area contributed by atoms with Gasteiger partial charge in [-0.3, -0.25) is 0 Å². The molecule has 0 aromatic heterocycles. The topological polar surface area (TPSA) is 81.4 Å². The maximum absolute atomic E-state index is 12.1. The van der Waals surface area contributed by atoms with E-state index in [1.54, 1.807) is 6.07 Å². The first-order chi connectivity index (χ1) is 9.24. The van der Waals surface area contributed by atoms with Crippen molar-refractivity contribution >= 4 is 15.7 Å². The Labute approximate surface area is 120 Å². The van der Waals surface area contributed by atoms with Crippen molar-refractivity contribution < 1.29 is 13.2 Å². The van der Waals surface area contributed by atoms with Crippen LogP contribution in [0.2, 0.25) is 0 Å². The van der Waals surface area contributed by atoms with Gasteiger partial charge in [0.25, 0.3) is 0 Å². The number of rotatable bonds is 7. The van der Waals surface area contributed by atoms with Crippen LogP contribution in [0.25, 0.3) is 0 Å². The highest BCUT2D eigenvalue weighted by Crippen LogP contribution is 2.21. The highest BCUT2D eigenvalue weighted by Gasteiger charge is 2.15. The van der Waals surface area contributed by atoms with Crippen LogP contribution in [0.4, 0.5) is 5.69 Å². The summed E-state index contributed by atoms with van der Waals surface area (Å²) in [6, 6.07) is 3.09. The third-order valence-corrected chi connectivity index (χ3v) is 4.32. The lowest BCUT2D eigenvalue weighted by molar-refractivity contribution is 0.162. The lowest BCUT2D eigenvalue weighted by Crippen LogP contribution is -2.27. The smallest absolute Gasteiger partial charge is 0.240 e. The standard InChI is InChI=1S/C14H22N2O3S/c1-10(2)9-19-6-5-16-20(17,18)13-7-11(3)12(4)14(15)8-13/h7-8,16H,1,5-6,9,15H2,2-4H3. The number of anilines is 1. The molecule has 0 amide bonds. The molecule has 112 valence electrons. The average molecular weight is 298 g/mol. The van der Waals surface area contributed by atoms with Crippen LogP contribution in [0.15, 0.2) is 29.2 Å². The fraction of sp³-hybridized carbons (Fsp3) is 0.429. The first-order valence-electron chi connectivity index (χ1n) is 6.32. The van der Waals surface area contributed by atoms with Crippen LogP contribution in [-0.4, -0.2) is 28.2 Å². The number of ether oxygens (including phenoxy) is 1. The lowest BCUT2D eigenvalue weighted by atomic mass is 10.1. The second-order valence-electron chi connectivity index (χ2n) is 4.86. The minimum Gasteiger partial charge on any atom is -0.398 e. The number of sulfonamides is 1. The first-order valence-corrected chi connectivity index (χ1v) is 7.81. The van der Waals surface area contributed by atoms with Crippen molar-refractivity contribution in [1.82, 2.24) is 4.72 Å². The molecule has 1 rings (SSSR count). The molecule has 1 aromatic rings. The summed E-state index contributed by atoms with van der Waals surface area (Å²) in [4.78, 5) is 0.179. The zero-order valence-electron chi connectivity index (χ0n) is 12.2. The first kappa shape index (κ1) is 16.7. The summed E-state index contributed by atoms with van der Waals surface area (Å²) in [5.74, 6) is 0. The largest absolute Gasteiger partial charge is 0.398 e. The Bertz CT molecular complexity index is 571. The van der Waals surface area contributed by atoms with Crippen molar-refractivity contribution in [2.75, 3.05) is 25.5 Å². The normalized spacial score (nSPS) is 11.6. The summed E-state index contributed by atoms with van der Waals surface area (Å²) in [6.45, 7) is 10.2. The van der Waals surface area contributed by atoms with Crippen LogP contribution in [0.3, 0.4) is 0 Å². The third-order valence-electron chi connectivity index (χ3n) is 2.88. The van der Waals surface area contributed by atoms with E-state index in [1.165, 1.54) is 6.07 Å². The molecule has 0 atom stereocenters. The molecule has 0 saturated heterocycles. The Morgan fingerprint density at radius 1 is 1.40 bits per heavy atom. The van der Waals surface area contributed by atoms with E-state index in [4.69, 9.17) is 10.5 Å². The Morgan fingerprint density at radius 2 is 2.05 bits per heavy atom. The maximum Gasteiger partial charge on any atom is 0.240 e. The third kappa shape index (κ3) is 4.63. The Balaban J connectivity index is 2.67. The summed E-state index contributed by atoms with van der Waals surface area (Å²) in [7, 11) is -3.56. The van der Waals surface area contributed by atoms with E-state index in [0.717, 1.165) is 16.7 Å². The highest BCUT2D eigenvalue weighted by atomic mass is 32.2. The van der Waals surface area contributed by atoms with Gasteiger partial charge >= 0.3 is 0 Å². The van der Waals surface area contributed by atoms with E-state index in [0.29, 0.717) is 18.9 Å². The van der Waals surface area contributed by atoms with Gasteiger partial charge in [0, 0.05) is 12.2 Å². The number of nitrogens with one attached hydrogen (secondary N) is 1. The molecule has 1 aromatic carbocycles. The van der Waals surface area contributed by atoms with Crippen LogP contribution >= 0.6 is 0 Å². The van der Waals surface area contributed by atoms with E-state index in [-0.39, 0.29) is 11.4 Å². The molecule has 20 heavy (non-hydrogen) atoms. The summed E-state index contributed by atoms with van der Waals surface area (Å²) in [5.41, 5.74) is 8.92. The van der Waals surface area contributed by atoms with Crippen LogP contribution in [0, 0.1) is 13.8 Å². The van der Waals surface area contributed by atoms with Gasteiger partial charge in [-0.1, -0.05) is 12.2 Å². The number of aryl methyl sites for hydroxylation is 1. The van der Waals surface area contributed by atoms with Gasteiger partial charge in [0.1, 0.15) is 0 Å². The van der Waals surface area contributed by atoms with Crippen LogP contribution < -0.4 is 10.5 Å². The molecule has 3 N–H and O–H groups in total. The average Bonchev–Trinajstić information content (AvgIpc) is 2.34. The molecule has 6 heteroatoms. The monoisotopic (exact) mass is 298 g/mol. The van der Waals surface area contributed by atoms with Gasteiger partial charge in [0.05, 0.1) is 18.1 Å². The highest BCUT2D eigenvalue weighted by molar-refractivity contribution is 7.89. The van der Waals surface area contributed by atoms with Crippen LogP contribution in [0.5, 0.6) is 0 Å². The van der Waals surface area contributed by atoms with E-state index in [9.17, 15) is 8.42 Å².